The van der Waals surface area contributed by atoms with Crippen molar-refractivity contribution < 1.29 is 9.53 Å². The van der Waals surface area contributed by atoms with E-state index in [1.165, 1.54) is 5.56 Å². The molecule has 1 saturated carbocycles. The van der Waals surface area contributed by atoms with E-state index in [2.05, 4.69) is 11.9 Å². The van der Waals surface area contributed by atoms with Crippen molar-refractivity contribution >= 4 is 6.08 Å². The molecular weight excluding hydrogens is 202 g/mol. The molecule has 1 aromatic rings. The normalized spacial score (nSPS) is 16.4. The fourth-order valence-electron chi connectivity index (χ4n) is 2.16. The van der Waals surface area contributed by atoms with Gasteiger partial charge in [0, 0.05) is 5.56 Å². The molecule has 0 aliphatic heterocycles. The van der Waals surface area contributed by atoms with E-state index in [1.54, 1.807) is 13.2 Å². The largest absolute Gasteiger partial charge is 0.496 e. The molecule has 0 amide bonds. The standard InChI is InChI=1S/C13H15NO2/c1-9-4-5-11(16-3)12(10(9)2)13(6-7-13)14-8-15/h4-5H,6-7H2,1-3H3. The molecule has 3 heteroatoms. The highest BCUT2D eigenvalue weighted by Crippen LogP contribution is 2.53. The SMILES string of the molecule is COc1ccc(C)c(C)c1C1(N=C=O)CC1. The lowest BCUT2D eigenvalue weighted by molar-refractivity contribution is 0.403. The van der Waals surface area contributed by atoms with Gasteiger partial charge in [0.1, 0.15) is 11.3 Å². The Labute approximate surface area is 95.2 Å². The zero-order chi connectivity index (χ0) is 11.8. The molecule has 84 valence electrons. The zero-order valence-electron chi connectivity index (χ0n) is 9.83. The van der Waals surface area contributed by atoms with E-state index in [1.807, 2.05) is 19.1 Å². The molecule has 2 rings (SSSR count). The molecule has 1 aromatic carbocycles. The van der Waals surface area contributed by atoms with Crippen molar-refractivity contribution in [2.75, 3.05) is 7.11 Å². The highest BCUT2D eigenvalue weighted by Gasteiger charge is 2.47. The number of aryl methyl sites for hydroxylation is 1. The van der Waals surface area contributed by atoms with Gasteiger partial charge in [0.05, 0.1) is 7.11 Å². The van der Waals surface area contributed by atoms with Gasteiger partial charge in [-0.15, -0.1) is 0 Å². The van der Waals surface area contributed by atoms with Crippen molar-refractivity contribution in [3.05, 3.63) is 28.8 Å². The second-order valence-corrected chi connectivity index (χ2v) is 4.32. The van der Waals surface area contributed by atoms with Gasteiger partial charge >= 0.3 is 0 Å². The highest BCUT2D eigenvalue weighted by molar-refractivity contribution is 5.53. The van der Waals surface area contributed by atoms with Crippen LogP contribution in [0.2, 0.25) is 0 Å². The van der Waals surface area contributed by atoms with Crippen LogP contribution in [-0.4, -0.2) is 13.2 Å². The van der Waals surface area contributed by atoms with Gasteiger partial charge in [-0.25, -0.2) is 4.79 Å². The minimum atomic E-state index is -0.358. The van der Waals surface area contributed by atoms with Gasteiger partial charge < -0.3 is 4.74 Å². The summed E-state index contributed by atoms with van der Waals surface area (Å²) in [7, 11) is 1.65. The fraction of sp³-hybridized carbons (Fsp3) is 0.462. The smallest absolute Gasteiger partial charge is 0.235 e. The van der Waals surface area contributed by atoms with Gasteiger partial charge in [-0.1, -0.05) is 6.07 Å². The third kappa shape index (κ3) is 1.54. The average molecular weight is 217 g/mol. The molecule has 1 aliphatic rings. The minimum absolute atomic E-state index is 0.358. The number of hydrogen-bond acceptors (Lipinski definition) is 3. The second kappa shape index (κ2) is 3.76. The van der Waals surface area contributed by atoms with E-state index >= 15 is 0 Å². The van der Waals surface area contributed by atoms with Crippen LogP contribution in [0.15, 0.2) is 17.1 Å². The molecule has 0 heterocycles. The van der Waals surface area contributed by atoms with Gasteiger partial charge in [0.15, 0.2) is 0 Å². The maximum absolute atomic E-state index is 10.5. The number of isocyanates is 1. The predicted molar refractivity (Wildman–Crippen MR) is 61.5 cm³/mol. The summed E-state index contributed by atoms with van der Waals surface area (Å²) in [6.45, 7) is 4.10. The van der Waals surface area contributed by atoms with Gasteiger partial charge in [-0.05, 0) is 43.9 Å². The van der Waals surface area contributed by atoms with Crippen LogP contribution < -0.4 is 4.74 Å². The highest BCUT2D eigenvalue weighted by atomic mass is 16.5. The minimum Gasteiger partial charge on any atom is -0.496 e. The van der Waals surface area contributed by atoms with Crippen molar-refractivity contribution in [1.82, 2.24) is 0 Å². The fourth-order valence-corrected chi connectivity index (χ4v) is 2.16. The number of carbonyl (C=O) groups excluding carboxylic acids is 1. The molecule has 0 atom stereocenters. The molecular formula is C13H15NO2. The summed E-state index contributed by atoms with van der Waals surface area (Å²) in [5.74, 6) is 0.819. The Morgan fingerprint density at radius 2 is 2.06 bits per heavy atom. The Morgan fingerprint density at radius 1 is 1.38 bits per heavy atom. The molecule has 1 fully saturated rings. The van der Waals surface area contributed by atoms with E-state index in [-0.39, 0.29) is 5.54 Å². The maximum atomic E-state index is 10.5. The molecule has 0 aromatic heterocycles. The molecule has 16 heavy (non-hydrogen) atoms. The lowest BCUT2D eigenvalue weighted by Gasteiger charge is -2.18. The van der Waals surface area contributed by atoms with Crippen LogP contribution in [0, 0.1) is 13.8 Å². The van der Waals surface area contributed by atoms with Crippen LogP contribution in [0.5, 0.6) is 5.75 Å². The zero-order valence-corrected chi connectivity index (χ0v) is 9.83. The summed E-state index contributed by atoms with van der Waals surface area (Å²) < 4.78 is 5.36. The summed E-state index contributed by atoms with van der Waals surface area (Å²) in [6.07, 6.45) is 3.50. The number of rotatable bonds is 3. The first-order valence-corrected chi connectivity index (χ1v) is 5.38. The molecule has 3 nitrogen and oxygen atoms in total. The summed E-state index contributed by atoms with van der Waals surface area (Å²) in [4.78, 5) is 14.5. The number of hydrogen-bond donors (Lipinski definition) is 0. The number of benzene rings is 1. The second-order valence-electron chi connectivity index (χ2n) is 4.32. The summed E-state index contributed by atoms with van der Waals surface area (Å²) >= 11 is 0. The van der Waals surface area contributed by atoms with Gasteiger partial charge in [0.25, 0.3) is 0 Å². The molecule has 0 unspecified atom stereocenters. The first kappa shape index (κ1) is 10.9. The number of ether oxygens (including phenoxy) is 1. The molecule has 1 aliphatic carbocycles. The van der Waals surface area contributed by atoms with Crippen LogP contribution in [0.4, 0.5) is 0 Å². The summed E-state index contributed by atoms with van der Waals surface area (Å²) in [6, 6.07) is 3.97. The van der Waals surface area contributed by atoms with Crippen LogP contribution in [0.25, 0.3) is 0 Å². The van der Waals surface area contributed by atoms with E-state index in [0.29, 0.717) is 0 Å². The molecule has 0 bridgehead atoms. The maximum Gasteiger partial charge on any atom is 0.235 e. The molecule has 0 saturated heterocycles. The Balaban J connectivity index is 2.62. The number of methoxy groups -OCH3 is 1. The van der Waals surface area contributed by atoms with Crippen LogP contribution in [0.3, 0.4) is 0 Å². The molecule has 0 radical (unpaired) electrons. The van der Waals surface area contributed by atoms with E-state index in [4.69, 9.17) is 4.74 Å². The number of nitrogens with zero attached hydrogens (tertiary/aromatic N) is 1. The van der Waals surface area contributed by atoms with Crippen molar-refractivity contribution in [3.63, 3.8) is 0 Å². The molecule has 0 spiro atoms. The van der Waals surface area contributed by atoms with E-state index in [0.717, 1.165) is 29.7 Å². The third-order valence-electron chi connectivity index (χ3n) is 3.37. The Hall–Kier alpha value is -1.60. The van der Waals surface area contributed by atoms with Crippen molar-refractivity contribution in [2.45, 2.75) is 32.2 Å². The quantitative estimate of drug-likeness (QED) is 0.576. The van der Waals surface area contributed by atoms with E-state index < -0.39 is 0 Å². The lowest BCUT2D eigenvalue weighted by Crippen LogP contribution is -2.08. The lowest BCUT2D eigenvalue weighted by atomic mass is 9.95. The van der Waals surface area contributed by atoms with Gasteiger partial charge in [0.2, 0.25) is 6.08 Å². The monoisotopic (exact) mass is 217 g/mol. The Morgan fingerprint density at radius 3 is 2.56 bits per heavy atom. The predicted octanol–water partition coefficient (Wildman–Crippen LogP) is 2.64. The van der Waals surface area contributed by atoms with Crippen LogP contribution >= 0.6 is 0 Å². The van der Waals surface area contributed by atoms with Gasteiger partial charge in [-0.2, -0.15) is 4.99 Å². The van der Waals surface area contributed by atoms with Crippen molar-refractivity contribution in [2.24, 2.45) is 4.99 Å². The van der Waals surface area contributed by atoms with Crippen molar-refractivity contribution in [3.8, 4) is 5.75 Å². The topological polar surface area (TPSA) is 38.7 Å². The summed E-state index contributed by atoms with van der Waals surface area (Å²) in [5.41, 5.74) is 3.06. The Kier molecular flexibility index (Phi) is 2.56. The van der Waals surface area contributed by atoms with Crippen LogP contribution in [0.1, 0.15) is 29.5 Å². The first-order valence-electron chi connectivity index (χ1n) is 5.38. The number of aliphatic imine (C=N–C) groups is 1. The Bertz CT molecular complexity index is 469. The first-order chi connectivity index (χ1) is 7.64. The van der Waals surface area contributed by atoms with E-state index in [9.17, 15) is 4.79 Å². The van der Waals surface area contributed by atoms with Gasteiger partial charge in [-0.3, -0.25) is 0 Å². The third-order valence-corrected chi connectivity index (χ3v) is 3.37. The average Bonchev–Trinajstić information content (AvgIpc) is 3.03. The van der Waals surface area contributed by atoms with Crippen molar-refractivity contribution in [1.29, 1.82) is 0 Å². The van der Waals surface area contributed by atoms with Crippen LogP contribution in [-0.2, 0) is 10.3 Å². The summed E-state index contributed by atoms with van der Waals surface area (Å²) in [5, 5.41) is 0. The molecule has 0 N–H and O–H groups in total.